The van der Waals surface area contributed by atoms with Crippen molar-refractivity contribution in [1.82, 2.24) is 14.5 Å². The van der Waals surface area contributed by atoms with Crippen LogP contribution in [0.15, 0.2) is 45.7 Å². The van der Waals surface area contributed by atoms with E-state index in [-0.39, 0.29) is 16.7 Å². The molecule has 9 nitrogen and oxygen atoms in total. The Kier molecular flexibility index (Phi) is 6.33. The Bertz CT molecular complexity index is 1180. The van der Waals surface area contributed by atoms with Gasteiger partial charge in [0.15, 0.2) is 11.5 Å². The van der Waals surface area contributed by atoms with E-state index in [9.17, 15) is 8.42 Å². The molecule has 4 rings (SSSR count). The average molecular weight is 460 g/mol. The molecule has 1 aromatic heterocycles. The summed E-state index contributed by atoms with van der Waals surface area (Å²) in [6, 6.07) is 9.98. The van der Waals surface area contributed by atoms with Gasteiger partial charge in [-0.25, -0.2) is 8.42 Å². The molecule has 0 amide bonds. The minimum Gasteiger partial charge on any atom is -0.493 e. The quantitative estimate of drug-likeness (QED) is 0.528. The van der Waals surface area contributed by atoms with Gasteiger partial charge in [-0.1, -0.05) is 12.5 Å². The van der Waals surface area contributed by atoms with Gasteiger partial charge < -0.3 is 18.6 Å². The summed E-state index contributed by atoms with van der Waals surface area (Å²) in [7, 11) is 1.00. The second-order valence-electron chi connectivity index (χ2n) is 7.32. The van der Waals surface area contributed by atoms with Crippen LogP contribution in [0.1, 0.15) is 19.3 Å². The number of aromatic nitrogens is 2. The molecule has 0 radical (unpaired) electrons. The second-order valence-corrected chi connectivity index (χ2v) is 9.26. The SMILES string of the molecule is COc1cc(-c2nnc(-c3cccc(S(=O)(=O)N4CCCCC4)c3)o2)cc(OC)c1OC. The first-order valence-corrected chi connectivity index (χ1v) is 11.7. The molecule has 2 heterocycles. The van der Waals surface area contributed by atoms with Crippen molar-refractivity contribution in [2.75, 3.05) is 34.4 Å². The van der Waals surface area contributed by atoms with Gasteiger partial charge >= 0.3 is 0 Å². The third-order valence-electron chi connectivity index (χ3n) is 5.37. The predicted octanol–water partition coefficient (Wildman–Crippen LogP) is 3.60. The minimum absolute atomic E-state index is 0.212. The highest BCUT2D eigenvalue weighted by molar-refractivity contribution is 7.89. The van der Waals surface area contributed by atoms with E-state index in [0.29, 0.717) is 41.5 Å². The number of hydrogen-bond donors (Lipinski definition) is 0. The summed E-state index contributed by atoms with van der Waals surface area (Å²) in [6.45, 7) is 1.08. The maximum atomic E-state index is 13.0. The van der Waals surface area contributed by atoms with Crippen molar-refractivity contribution in [1.29, 1.82) is 0 Å². The van der Waals surface area contributed by atoms with Crippen molar-refractivity contribution >= 4 is 10.0 Å². The van der Waals surface area contributed by atoms with Crippen LogP contribution < -0.4 is 14.2 Å². The first-order chi connectivity index (χ1) is 15.5. The summed E-state index contributed by atoms with van der Waals surface area (Å²) in [5, 5.41) is 8.24. The van der Waals surface area contributed by atoms with Crippen LogP contribution in [-0.4, -0.2) is 57.3 Å². The number of nitrogens with zero attached hydrogens (tertiary/aromatic N) is 3. The lowest BCUT2D eigenvalue weighted by atomic mass is 10.2. The van der Waals surface area contributed by atoms with E-state index in [0.717, 1.165) is 19.3 Å². The van der Waals surface area contributed by atoms with Crippen LogP contribution >= 0.6 is 0 Å². The van der Waals surface area contributed by atoms with E-state index in [1.54, 1.807) is 36.4 Å². The van der Waals surface area contributed by atoms with Gasteiger partial charge in [0.1, 0.15) is 0 Å². The number of sulfonamides is 1. The van der Waals surface area contributed by atoms with Crippen LogP contribution in [0.25, 0.3) is 22.9 Å². The molecular formula is C22H25N3O6S. The lowest BCUT2D eigenvalue weighted by Crippen LogP contribution is -2.35. The fourth-order valence-corrected chi connectivity index (χ4v) is 5.27. The summed E-state index contributed by atoms with van der Waals surface area (Å²) in [5.74, 6) is 1.81. The van der Waals surface area contributed by atoms with Crippen LogP contribution in [-0.2, 0) is 10.0 Å². The maximum Gasteiger partial charge on any atom is 0.248 e. The van der Waals surface area contributed by atoms with Crippen molar-refractivity contribution in [3.8, 4) is 40.2 Å². The van der Waals surface area contributed by atoms with Gasteiger partial charge in [0.05, 0.1) is 26.2 Å². The molecule has 2 aromatic carbocycles. The third-order valence-corrected chi connectivity index (χ3v) is 7.27. The van der Waals surface area contributed by atoms with Gasteiger partial charge in [-0.3, -0.25) is 0 Å². The van der Waals surface area contributed by atoms with Gasteiger partial charge in [0.2, 0.25) is 27.6 Å². The lowest BCUT2D eigenvalue weighted by molar-refractivity contribution is 0.324. The van der Waals surface area contributed by atoms with Crippen LogP contribution in [0, 0.1) is 0 Å². The third kappa shape index (κ3) is 4.15. The van der Waals surface area contributed by atoms with Crippen LogP contribution in [0.5, 0.6) is 17.2 Å². The maximum absolute atomic E-state index is 13.0. The lowest BCUT2D eigenvalue weighted by Gasteiger charge is -2.25. The molecule has 1 aliphatic rings. The van der Waals surface area contributed by atoms with Gasteiger partial charge in [-0.05, 0) is 43.2 Å². The standard InChI is InChI=1S/C22H25N3O6S/c1-28-18-13-16(14-19(29-2)20(18)30-3)22-24-23-21(31-22)15-8-7-9-17(12-15)32(26,27)25-10-5-4-6-11-25/h7-9,12-14H,4-6,10-11H2,1-3H3. The molecule has 10 heteroatoms. The second kappa shape index (κ2) is 9.17. The Balaban J connectivity index is 1.67. The predicted molar refractivity (Wildman–Crippen MR) is 117 cm³/mol. The molecule has 0 spiro atoms. The summed E-state index contributed by atoms with van der Waals surface area (Å²) >= 11 is 0. The Morgan fingerprint density at radius 3 is 2.06 bits per heavy atom. The van der Waals surface area contributed by atoms with E-state index in [4.69, 9.17) is 18.6 Å². The Morgan fingerprint density at radius 2 is 1.47 bits per heavy atom. The summed E-state index contributed by atoms with van der Waals surface area (Å²) in [4.78, 5) is 0.212. The smallest absolute Gasteiger partial charge is 0.248 e. The Morgan fingerprint density at radius 1 is 0.844 bits per heavy atom. The summed E-state index contributed by atoms with van der Waals surface area (Å²) < 4.78 is 49.5. The number of methoxy groups -OCH3 is 3. The molecule has 0 saturated carbocycles. The summed E-state index contributed by atoms with van der Waals surface area (Å²) in [6.07, 6.45) is 2.80. The number of ether oxygens (including phenoxy) is 3. The number of piperidine rings is 1. The van der Waals surface area contributed by atoms with Crippen molar-refractivity contribution < 1.29 is 27.0 Å². The molecule has 0 aliphatic carbocycles. The first kappa shape index (κ1) is 22.1. The zero-order valence-electron chi connectivity index (χ0n) is 18.2. The molecular weight excluding hydrogens is 434 g/mol. The topological polar surface area (TPSA) is 104 Å². The monoisotopic (exact) mass is 459 g/mol. The van der Waals surface area contributed by atoms with Gasteiger partial charge in [-0.2, -0.15) is 4.31 Å². The van der Waals surface area contributed by atoms with E-state index in [1.807, 2.05) is 0 Å². The highest BCUT2D eigenvalue weighted by Crippen LogP contribution is 2.41. The largest absolute Gasteiger partial charge is 0.493 e. The molecule has 0 bridgehead atoms. The highest BCUT2D eigenvalue weighted by Gasteiger charge is 2.26. The number of rotatable bonds is 7. The van der Waals surface area contributed by atoms with E-state index in [1.165, 1.54) is 25.6 Å². The van der Waals surface area contributed by atoms with E-state index in [2.05, 4.69) is 10.2 Å². The number of hydrogen-bond acceptors (Lipinski definition) is 8. The van der Waals surface area contributed by atoms with Crippen molar-refractivity contribution in [2.45, 2.75) is 24.2 Å². The van der Waals surface area contributed by atoms with Gasteiger partial charge in [0.25, 0.3) is 0 Å². The summed E-state index contributed by atoms with van der Waals surface area (Å²) in [5.41, 5.74) is 1.10. The van der Waals surface area contributed by atoms with E-state index < -0.39 is 10.0 Å². The van der Waals surface area contributed by atoms with Crippen molar-refractivity contribution in [3.05, 3.63) is 36.4 Å². The van der Waals surface area contributed by atoms with Crippen LogP contribution in [0.2, 0.25) is 0 Å². The highest BCUT2D eigenvalue weighted by atomic mass is 32.2. The van der Waals surface area contributed by atoms with Gasteiger partial charge in [0, 0.05) is 24.2 Å². The zero-order chi connectivity index (χ0) is 22.7. The molecule has 0 N–H and O–H groups in total. The molecule has 1 aliphatic heterocycles. The number of benzene rings is 2. The fourth-order valence-electron chi connectivity index (χ4n) is 3.71. The zero-order valence-corrected chi connectivity index (χ0v) is 19.0. The molecule has 0 unspecified atom stereocenters. The minimum atomic E-state index is -3.57. The molecule has 1 saturated heterocycles. The van der Waals surface area contributed by atoms with Crippen LogP contribution in [0.3, 0.4) is 0 Å². The van der Waals surface area contributed by atoms with Gasteiger partial charge in [-0.15, -0.1) is 10.2 Å². The van der Waals surface area contributed by atoms with Crippen LogP contribution in [0.4, 0.5) is 0 Å². The Hall–Kier alpha value is -3.11. The fraction of sp³-hybridized carbons (Fsp3) is 0.364. The molecule has 170 valence electrons. The average Bonchev–Trinajstić information content (AvgIpc) is 3.34. The normalized spacial score (nSPS) is 14.8. The molecule has 32 heavy (non-hydrogen) atoms. The molecule has 3 aromatic rings. The van der Waals surface area contributed by atoms with E-state index >= 15 is 0 Å². The first-order valence-electron chi connectivity index (χ1n) is 10.2. The Labute approximate surface area is 187 Å². The van der Waals surface area contributed by atoms with Crippen molar-refractivity contribution in [3.63, 3.8) is 0 Å². The van der Waals surface area contributed by atoms with Crippen molar-refractivity contribution in [2.24, 2.45) is 0 Å². The molecule has 0 atom stereocenters. The molecule has 1 fully saturated rings.